The minimum absolute atomic E-state index is 0.0294. The molecular weight excluding hydrogens is 377 g/mol. The van der Waals surface area contributed by atoms with E-state index >= 15 is 0 Å². The number of rotatable bonds is 4. The zero-order valence-electron chi connectivity index (χ0n) is 13.5. The summed E-state index contributed by atoms with van der Waals surface area (Å²) in [6.45, 7) is 5.22. The Kier molecular flexibility index (Phi) is 5.72. The van der Waals surface area contributed by atoms with Gasteiger partial charge in [-0.15, -0.1) is 0 Å². The molecule has 0 aliphatic carbocycles. The fourth-order valence-electron chi connectivity index (χ4n) is 2.17. The minimum atomic E-state index is -1.02. The van der Waals surface area contributed by atoms with Crippen LogP contribution in [-0.2, 0) is 9.53 Å². The van der Waals surface area contributed by atoms with E-state index in [1.54, 1.807) is 0 Å². The number of para-hydroxylation sites is 1. The lowest BCUT2D eigenvalue weighted by molar-refractivity contribution is -0.123. The number of hydrogen-bond acceptors (Lipinski definition) is 3. The highest BCUT2D eigenvalue weighted by Crippen LogP contribution is 2.21. The summed E-state index contributed by atoms with van der Waals surface area (Å²) in [6.07, 6.45) is -1.02. The van der Waals surface area contributed by atoms with Crippen LogP contribution in [0.3, 0.4) is 0 Å². The van der Waals surface area contributed by atoms with E-state index in [0.29, 0.717) is 10.2 Å². The van der Waals surface area contributed by atoms with Crippen LogP contribution in [0, 0.1) is 19.7 Å². The quantitative estimate of drug-likeness (QED) is 0.783. The summed E-state index contributed by atoms with van der Waals surface area (Å²) in [4.78, 5) is 24.4. The van der Waals surface area contributed by atoms with E-state index < -0.39 is 23.8 Å². The van der Waals surface area contributed by atoms with Crippen LogP contribution in [-0.4, -0.2) is 18.0 Å². The van der Waals surface area contributed by atoms with E-state index in [4.69, 9.17) is 4.74 Å². The number of esters is 1. The molecule has 0 aliphatic heterocycles. The molecule has 2 aromatic carbocycles. The lowest BCUT2D eigenvalue weighted by Crippen LogP contribution is -2.30. The first-order valence-electron chi connectivity index (χ1n) is 7.32. The Labute approximate surface area is 148 Å². The number of anilines is 1. The van der Waals surface area contributed by atoms with Crippen molar-refractivity contribution in [3.05, 3.63) is 63.4 Å². The Bertz CT molecular complexity index is 772. The average molecular weight is 394 g/mol. The SMILES string of the molecule is Cc1cccc(C)c1NC(=O)[C@H](C)OC(=O)c1cc(F)ccc1Br. The van der Waals surface area contributed by atoms with Gasteiger partial charge in [-0.25, -0.2) is 9.18 Å². The van der Waals surface area contributed by atoms with Crippen molar-refractivity contribution in [3.63, 3.8) is 0 Å². The molecule has 2 rings (SSSR count). The Hall–Kier alpha value is -2.21. The van der Waals surface area contributed by atoms with Crippen LogP contribution in [0.1, 0.15) is 28.4 Å². The predicted octanol–water partition coefficient (Wildman–Crippen LogP) is 4.39. The second-order valence-corrected chi connectivity index (χ2v) is 6.28. The van der Waals surface area contributed by atoms with Crippen LogP contribution in [0.25, 0.3) is 0 Å². The van der Waals surface area contributed by atoms with Gasteiger partial charge in [0.05, 0.1) is 5.56 Å². The maximum absolute atomic E-state index is 13.3. The van der Waals surface area contributed by atoms with Gasteiger partial charge in [0.15, 0.2) is 6.10 Å². The summed E-state index contributed by atoms with van der Waals surface area (Å²) in [7, 11) is 0. The maximum Gasteiger partial charge on any atom is 0.340 e. The van der Waals surface area contributed by atoms with E-state index in [1.165, 1.54) is 19.1 Å². The minimum Gasteiger partial charge on any atom is -0.449 e. The maximum atomic E-state index is 13.3. The second-order valence-electron chi connectivity index (χ2n) is 5.43. The van der Waals surface area contributed by atoms with E-state index in [-0.39, 0.29) is 5.56 Å². The van der Waals surface area contributed by atoms with E-state index in [9.17, 15) is 14.0 Å². The van der Waals surface area contributed by atoms with Gasteiger partial charge in [-0.1, -0.05) is 18.2 Å². The van der Waals surface area contributed by atoms with Crippen LogP contribution in [0.5, 0.6) is 0 Å². The van der Waals surface area contributed by atoms with Gasteiger partial charge in [0, 0.05) is 10.2 Å². The highest BCUT2D eigenvalue weighted by molar-refractivity contribution is 9.10. The first kappa shape index (κ1) is 18.1. The fourth-order valence-corrected chi connectivity index (χ4v) is 2.58. The van der Waals surface area contributed by atoms with Crippen LogP contribution in [0.15, 0.2) is 40.9 Å². The number of aryl methyl sites for hydroxylation is 2. The molecule has 4 nitrogen and oxygen atoms in total. The zero-order chi connectivity index (χ0) is 17.9. The monoisotopic (exact) mass is 393 g/mol. The van der Waals surface area contributed by atoms with Crippen molar-refractivity contribution < 1.29 is 18.7 Å². The van der Waals surface area contributed by atoms with Crippen molar-refractivity contribution >= 4 is 33.5 Å². The number of amides is 1. The summed E-state index contributed by atoms with van der Waals surface area (Å²) in [5.74, 6) is -1.78. The molecule has 0 saturated heterocycles. The first-order chi connectivity index (χ1) is 11.3. The number of benzene rings is 2. The molecule has 1 N–H and O–H groups in total. The lowest BCUT2D eigenvalue weighted by Gasteiger charge is -2.16. The molecule has 126 valence electrons. The van der Waals surface area contributed by atoms with Gasteiger partial charge in [-0.2, -0.15) is 0 Å². The Morgan fingerprint density at radius 3 is 2.42 bits per heavy atom. The largest absolute Gasteiger partial charge is 0.449 e. The van der Waals surface area contributed by atoms with Crippen LogP contribution >= 0.6 is 15.9 Å². The van der Waals surface area contributed by atoms with E-state index in [0.717, 1.165) is 17.2 Å². The molecule has 0 aliphatic rings. The number of carbonyl (C=O) groups is 2. The lowest BCUT2D eigenvalue weighted by atomic mass is 10.1. The van der Waals surface area contributed by atoms with Gasteiger partial charge in [-0.05, 0) is 66.0 Å². The topological polar surface area (TPSA) is 55.4 Å². The normalized spacial score (nSPS) is 11.7. The summed E-state index contributed by atoms with van der Waals surface area (Å²) in [5, 5.41) is 2.76. The number of halogens is 2. The summed E-state index contributed by atoms with van der Waals surface area (Å²) >= 11 is 3.16. The number of ether oxygens (including phenoxy) is 1. The van der Waals surface area contributed by atoms with Crippen molar-refractivity contribution in [2.24, 2.45) is 0 Å². The molecule has 0 unspecified atom stereocenters. The zero-order valence-corrected chi connectivity index (χ0v) is 15.1. The number of hydrogen-bond donors (Lipinski definition) is 1. The van der Waals surface area contributed by atoms with Crippen LogP contribution in [0.2, 0.25) is 0 Å². The fraction of sp³-hybridized carbons (Fsp3) is 0.222. The van der Waals surface area contributed by atoms with Crippen molar-refractivity contribution in [1.29, 1.82) is 0 Å². The Balaban J connectivity index is 2.09. The molecule has 0 spiro atoms. The van der Waals surface area contributed by atoms with Crippen molar-refractivity contribution in [3.8, 4) is 0 Å². The number of carbonyl (C=O) groups excluding carboxylic acids is 2. The molecule has 24 heavy (non-hydrogen) atoms. The molecule has 0 aromatic heterocycles. The van der Waals surface area contributed by atoms with Gasteiger partial charge in [-0.3, -0.25) is 4.79 Å². The standard InChI is InChI=1S/C18H17BrFNO3/c1-10-5-4-6-11(2)16(10)21-17(22)12(3)24-18(23)14-9-13(20)7-8-15(14)19/h4-9,12H,1-3H3,(H,21,22)/t12-/m0/s1. The summed E-state index contributed by atoms with van der Waals surface area (Å²) in [5.41, 5.74) is 2.54. The van der Waals surface area contributed by atoms with Gasteiger partial charge >= 0.3 is 5.97 Å². The van der Waals surface area contributed by atoms with Crippen LogP contribution < -0.4 is 5.32 Å². The molecule has 0 heterocycles. The average Bonchev–Trinajstić information content (AvgIpc) is 2.53. The number of nitrogens with one attached hydrogen (secondary N) is 1. The van der Waals surface area contributed by atoms with Crippen molar-refractivity contribution in [2.45, 2.75) is 26.9 Å². The second kappa shape index (κ2) is 7.57. The van der Waals surface area contributed by atoms with Gasteiger partial charge in [0.2, 0.25) is 0 Å². The van der Waals surface area contributed by atoms with Gasteiger partial charge < -0.3 is 10.1 Å². The Morgan fingerprint density at radius 2 is 1.79 bits per heavy atom. The molecule has 0 bridgehead atoms. The summed E-state index contributed by atoms with van der Waals surface area (Å²) in [6, 6.07) is 9.34. The first-order valence-corrected chi connectivity index (χ1v) is 8.12. The Morgan fingerprint density at radius 1 is 1.17 bits per heavy atom. The third-order valence-corrected chi connectivity index (χ3v) is 4.22. The molecule has 1 amide bonds. The molecule has 0 fully saturated rings. The van der Waals surface area contributed by atoms with Crippen molar-refractivity contribution in [1.82, 2.24) is 0 Å². The van der Waals surface area contributed by atoms with E-state index in [1.807, 2.05) is 32.0 Å². The van der Waals surface area contributed by atoms with Crippen molar-refractivity contribution in [2.75, 3.05) is 5.32 Å². The predicted molar refractivity (Wildman–Crippen MR) is 93.5 cm³/mol. The summed E-state index contributed by atoms with van der Waals surface area (Å²) < 4.78 is 18.8. The third-order valence-electron chi connectivity index (χ3n) is 3.53. The third kappa shape index (κ3) is 4.20. The smallest absolute Gasteiger partial charge is 0.340 e. The molecule has 1 atom stereocenters. The van der Waals surface area contributed by atoms with Crippen LogP contribution in [0.4, 0.5) is 10.1 Å². The molecular formula is C18H17BrFNO3. The molecule has 0 saturated carbocycles. The van der Waals surface area contributed by atoms with Gasteiger partial charge in [0.1, 0.15) is 5.82 Å². The molecule has 6 heteroatoms. The highest BCUT2D eigenvalue weighted by Gasteiger charge is 2.21. The molecule has 0 radical (unpaired) electrons. The van der Waals surface area contributed by atoms with E-state index in [2.05, 4.69) is 21.2 Å². The molecule has 2 aromatic rings. The highest BCUT2D eigenvalue weighted by atomic mass is 79.9. The van der Waals surface area contributed by atoms with Gasteiger partial charge in [0.25, 0.3) is 5.91 Å².